The van der Waals surface area contributed by atoms with E-state index in [1.807, 2.05) is 0 Å². The lowest BCUT2D eigenvalue weighted by atomic mass is 9.97. The molecule has 0 spiro atoms. The van der Waals surface area contributed by atoms with Crippen molar-refractivity contribution in [2.24, 2.45) is 5.73 Å². The molecule has 2 heterocycles. The summed E-state index contributed by atoms with van der Waals surface area (Å²) in [6.07, 6.45) is 4.23. The van der Waals surface area contributed by atoms with E-state index in [-0.39, 0.29) is 6.04 Å². The molecule has 18 heavy (non-hydrogen) atoms. The molecule has 2 aliphatic rings. The Morgan fingerprint density at radius 2 is 1.83 bits per heavy atom. The van der Waals surface area contributed by atoms with Crippen molar-refractivity contribution >= 4 is 0 Å². The predicted octanol–water partition coefficient (Wildman–Crippen LogP) is 2.42. The van der Waals surface area contributed by atoms with E-state index in [2.05, 4.69) is 4.90 Å². The molecule has 0 radical (unpaired) electrons. The molecule has 4 heteroatoms. The van der Waals surface area contributed by atoms with Gasteiger partial charge in [-0.1, -0.05) is 12.1 Å². The molecule has 2 aliphatic heterocycles. The van der Waals surface area contributed by atoms with Gasteiger partial charge in [-0.25, -0.2) is 8.78 Å². The van der Waals surface area contributed by atoms with Gasteiger partial charge < -0.3 is 5.73 Å². The second-order valence-corrected chi connectivity index (χ2v) is 5.50. The molecule has 3 rings (SSSR count). The third-order valence-electron chi connectivity index (χ3n) is 4.31. The first-order valence-electron chi connectivity index (χ1n) is 6.59. The van der Waals surface area contributed by atoms with Crippen LogP contribution in [-0.4, -0.2) is 23.0 Å². The third kappa shape index (κ3) is 2.04. The Balaban J connectivity index is 1.79. The molecule has 1 aromatic rings. The molecule has 2 nitrogen and oxygen atoms in total. The van der Waals surface area contributed by atoms with Gasteiger partial charge in [-0.2, -0.15) is 0 Å². The Labute approximate surface area is 106 Å². The molecule has 2 saturated heterocycles. The highest BCUT2D eigenvalue weighted by Crippen LogP contribution is 2.36. The van der Waals surface area contributed by atoms with Crippen molar-refractivity contribution in [1.82, 2.24) is 4.90 Å². The molecule has 1 aromatic carbocycles. The number of rotatable bonds is 2. The molecule has 2 atom stereocenters. The van der Waals surface area contributed by atoms with Gasteiger partial charge in [0.05, 0.1) is 0 Å². The van der Waals surface area contributed by atoms with Crippen LogP contribution >= 0.6 is 0 Å². The standard InChI is InChI=1S/C14H18F2N2/c15-13-3-1-2-9(14(13)16)8-18-11-4-5-12(18)7-10(17)6-11/h1-3,10-12H,4-8,17H2. The van der Waals surface area contributed by atoms with E-state index in [1.54, 1.807) is 12.1 Å². The minimum Gasteiger partial charge on any atom is -0.328 e. The first-order chi connectivity index (χ1) is 8.65. The number of piperidine rings is 1. The number of hydrogen-bond acceptors (Lipinski definition) is 2. The summed E-state index contributed by atoms with van der Waals surface area (Å²) in [4.78, 5) is 2.31. The highest BCUT2D eigenvalue weighted by molar-refractivity contribution is 5.19. The normalized spacial score (nSPS) is 31.8. The molecule has 2 bridgehead atoms. The fourth-order valence-corrected chi connectivity index (χ4v) is 3.44. The van der Waals surface area contributed by atoms with Crippen LogP contribution in [0.3, 0.4) is 0 Å². The molecule has 0 aliphatic carbocycles. The van der Waals surface area contributed by atoms with Crippen LogP contribution < -0.4 is 5.73 Å². The number of benzene rings is 1. The van der Waals surface area contributed by atoms with Crippen molar-refractivity contribution in [1.29, 1.82) is 0 Å². The van der Waals surface area contributed by atoms with Gasteiger partial charge >= 0.3 is 0 Å². The zero-order valence-corrected chi connectivity index (χ0v) is 10.3. The second-order valence-electron chi connectivity index (χ2n) is 5.50. The van der Waals surface area contributed by atoms with Crippen LogP contribution in [0.4, 0.5) is 8.78 Å². The van der Waals surface area contributed by atoms with Gasteiger partial charge in [0.1, 0.15) is 0 Å². The second kappa shape index (κ2) is 4.59. The lowest BCUT2D eigenvalue weighted by Crippen LogP contribution is -2.46. The fourth-order valence-electron chi connectivity index (χ4n) is 3.44. The SMILES string of the molecule is NC1CC2CCC(C1)N2Cc1cccc(F)c1F. The zero-order chi connectivity index (χ0) is 12.7. The van der Waals surface area contributed by atoms with Gasteiger partial charge in [-0.3, -0.25) is 4.90 Å². The van der Waals surface area contributed by atoms with E-state index in [0.29, 0.717) is 24.2 Å². The summed E-state index contributed by atoms with van der Waals surface area (Å²) in [6.45, 7) is 0.506. The van der Waals surface area contributed by atoms with E-state index in [1.165, 1.54) is 6.07 Å². The summed E-state index contributed by atoms with van der Waals surface area (Å²) in [5.74, 6) is -1.46. The molecule has 0 aromatic heterocycles. The van der Waals surface area contributed by atoms with Crippen LogP contribution in [0.1, 0.15) is 31.2 Å². The highest BCUT2D eigenvalue weighted by Gasteiger charge is 2.39. The smallest absolute Gasteiger partial charge is 0.163 e. The van der Waals surface area contributed by atoms with Crippen molar-refractivity contribution < 1.29 is 8.78 Å². The zero-order valence-electron chi connectivity index (χ0n) is 10.3. The molecular weight excluding hydrogens is 234 g/mol. The van der Waals surface area contributed by atoms with E-state index < -0.39 is 11.6 Å². The largest absolute Gasteiger partial charge is 0.328 e. The number of fused-ring (bicyclic) bond motifs is 2. The van der Waals surface area contributed by atoms with E-state index in [9.17, 15) is 8.78 Å². The Morgan fingerprint density at radius 3 is 2.50 bits per heavy atom. The van der Waals surface area contributed by atoms with Crippen LogP contribution in [0.2, 0.25) is 0 Å². The minimum absolute atomic E-state index is 0.274. The average molecular weight is 252 g/mol. The molecule has 2 N–H and O–H groups in total. The first-order valence-corrected chi connectivity index (χ1v) is 6.59. The quantitative estimate of drug-likeness (QED) is 0.876. The van der Waals surface area contributed by atoms with Gasteiger partial charge in [0.2, 0.25) is 0 Å². The molecular formula is C14H18F2N2. The topological polar surface area (TPSA) is 29.3 Å². The summed E-state index contributed by atoms with van der Waals surface area (Å²) >= 11 is 0. The van der Waals surface area contributed by atoms with Gasteiger partial charge in [0.25, 0.3) is 0 Å². The van der Waals surface area contributed by atoms with Crippen LogP contribution in [0.25, 0.3) is 0 Å². The van der Waals surface area contributed by atoms with E-state index in [0.717, 1.165) is 25.7 Å². The summed E-state index contributed by atoms with van der Waals surface area (Å²) < 4.78 is 26.9. The van der Waals surface area contributed by atoms with Crippen molar-refractivity contribution in [2.45, 2.75) is 50.4 Å². The molecule has 98 valence electrons. The molecule has 2 fully saturated rings. The summed E-state index contributed by atoms with van der Waals surface area (Å²) in [7, 11) is 0. The number of halogens is 2. The van der Waals surface area contributed by atoms with E-state index in [4.69, 9.17) is 5.73 Å². The van der Waals surface area contributed by atoms with Crippen molar-refractivity contribution in [3.63, 3.8) is 0 Å². The molecule has 2 unspecified atom stereocenters. The maximum absolute atomic E-state index is 13.7. The lowest BCUT2D eigenvalue weighted by Gasteiger charge is -2.37. The van der Waals surface area contributed by atoms with Gasteiger partial charge in [-0.05, 0) is 31.7 Å². The Morgan fingerprint density at radius 1 is 1.17 bits per heavy atom. The molecule has 0 saturated carbocycles. The monoisotopic (exact) mass is 252 g/mol. The van der Waals surface area contributed by atoms with Crippen molar-refractivity contribution in [3.05, 3.63) is 35.4 Å². The summed E-state index contributed by atoms with van der Waals surface area (Å²) in [6, 6.07) is 5.58. The Bertz CT molecular complexity index is 435. The summed E-state index contributed by atoms with van der Waals surface area (Å²) in [5, 5.41) is 0. The van der Waals surface area contributed by atoms with Gasteiger partial charge in [-0.15, -0.1) is 0 Å². The average Bonchev–Trinajstić information content (AvgIpc) is 2.58. The minimum atomic E-state index is -0.756. The van der Waals surface area contributed by atoms with Gasteiger partial charge in [0.15, 0.2) is 11.6 Å². The van der Waals surface area contributed by atoms with Crippen LogP contribution in [0.15, 0.2) is 18.2 Å². The maximum Gasteiger partial charge on any atom is 0.163 e. The number of nitrogens with two attached hydrogens (primary N) is 1. The fraction of sp³-hybridized carbons (Fsp3) is 0.571. The highest BCUT2D eigenvalue weighted by atomic mass is 19.2. The van der Waals surface area contributed by atoms with Crippen LogP contribution in [-0.2, 0) is 6.54 Å². The number of nitrogens with zero attached hydrogens (tertiary/aromatic N) is 1. The Hall–Kier alpha value is -1.00. The van der Waals surface area contributed by atoms with Crippen molar-refractivity contribution in [3.8, 4) is 0 Å². The van der Waals surface area contributed by atoms with E-state index >= 15 is 0 Å². The first kappa shape index (κ1) is 12.1. The van der Waals surface area contributed by atoms with Gasteiger partial charge in [0, 0.05) is 30.2 Å². The van der Waals surface area contributed by atoms with Crippen LogP contribution in [0, 0.1) is 11.6 Å². The number of hydrogen-bond donors (Lipinski definition) is 1. The van der Waals surface area contributed by atoms with Crippen molar-refractivity contribution in [2.75, 3.05) is 0 Å². The predicted molar refractivity (Wildman–Crippen MR) is 65.9 cm³/mol. The maximum atomic E-state index is 13.7. The van der Waals surface area contributed by atoms with Crippen LogP contribution in [0.5, 0.6) is 0 Å². The Kier molecular flexibility index (Phi) is 3.08. The third-order valence-corrected chi connectivity index (χ3v) is 4.31. The molecule has 0 amide bonds. The lowest BCUT2D eigenvalue weighted by molar-refractivity contribution is 0.118. The summed E-state index contributed by atoms with van der Waals surface area (Å²) in [5.41, 5.74) is 6.46.